The van der Waals surface area contributed by atoms with E-state index in [9.17, 15) is 5.26 Å². The minimum absolute atomic E-state index is 0.458. The number of allylic oxidation sites excluding steroid dienone is 2. The molecule has 0 radical (unpaired) electrons. The lowest BCUT2D eigenvalue weighted by Gasteiger charge is -2.16. The Morgan fingerprint density at radius 3 is 2.65 bits per heavy atom. The third-order valence-electron chi connectivity index (χ3n) is 4.05. The van der Waals surface area contributed by atoms with Gasteiger partial charge in [0.25, 0.3) is 0 Å². The summed E-state index contributed by atoms with van der Waals surface area (Å²) < 4.78 is 1.10. The molecule has 0 unspecified atom stereocenters. The van der Waals surface area contributed by atoms with Crippen LogP contribution in [0.3, 0.4) is 0 Å². The fourth-order valence-electron chi connectivity index (χ4n) is 2.82. The number of thiol groups is 1. The maximum atomic E-state index is 9.48. The SMILES string of the molecule is N#Cc1cnc2cc(I)ccc2c1Nc1ccc([SH]2C=CC=C2)c(Cl)c1. The van der Waals surface area contributed by atoms with Gasteiger partial charge in [-0.25, -0.2) is 0 Å². The predicted octanol–water partition coefficient (Wildman–Crippen LogP) is 6.51. The maximum absolute atomic E-state index is 9.48. The van der Waals surface area contributed by atoms with Crippen LogP contribution in [0.2, 0.25) is 5.02 Å². The number of anilines is 2. The number of benzene rings is 2. The molecule has 0 fully saturated rings. The third-order valence-corrected chi connectivity index (χ3v) is 7.10. The van der Waals surface area contributed by atoms with Crippen molar-refractivity contribution in [1.82, 2.24) is 4.98 Å². The van der Waals surface area contributed by atoms with E-state index in [0.29, 0.717) is 5.56 Å². The fourth-order valence-corrected chi connectivity index (χ4v) is 5.32. The third kappa shape index (κ3) is 3.32. The first-order chi connectivity index (χ1) is 12.7. The Morgan fingerprint density at radius 2 is 1.92 bits per heavy atom. The molecular formula is C20H13ClIN3S. The standard InChI is InChI=1S/C20H13ClIN3S/c21-17-10-15(4-6-19(17)26-7-1-2-8-26)25-20-13(11-23)12-24-18-9-14(22)3-5-16(18)20/h1-10,12,26H,(H,24,25). The molecule has 0 atom stereocenters. The minimum atomic E-state index is -0.458. The number of fused-ring (bicyclic) bond motifs is 1. The second kappa shape index (κ2) is 7.31. The molecule has 0 aliphatic carbocycles. The average molecular weight is 490 g/mol. The molecule has 3 nitrogen and oxygen atoms in total. The van der Waals surface area contributed by atoms with Crippen molar-refractivity contribution in [3.8, 4) is 6.07 Å². The second-order valence-corrected chi connectivity index (χ2v) is 9.25. The van der Waals surface area contributed by atoms with Crippen LogP contribution < -0.4 is 5.32 Å². The summed E-state index contributed by atoms with van der Waals surface area (Å²) in [6.07, 6.45) is 5.71. The van der Waals surface area contributed by atoms with Crippen LogP contribution in [0.25, 0.3) is 10.9 Å². The number of nitriles is 1. The van der Waals surface area contributed by atoms with Gasteiger partial charge >= 0.3 is 0 Å². The van der Waals surface area contributed by atoms with Gasteiger partial charge in [0.15, 0.2) is 0 Å². The van der Waals surface area contributed by atoms with Gasteiger partial charge in [-0.2, -0.15) is 16.2 Å². The number of hydrogen-bond donors (Lipinski definition) is 2. The van der Waals surface area contributed by atoms with Crippen LogP contribution in [-0.4, -0.2) is 4.98 Å². The highest BCUT2D eigenvalue weighted by Crippen LogP contribution is 2.46. The lowest BCUT2D eigenvalue weighted by molar-refractivity contribution is 1.36. The van der Waals surface area contributed by atoms with Crippen LogP contribution >= 0.6 is 45.1 Å². The lowest BCUT2D eigenvalue weighted by atomic mass is 10.1. The fraction of sp³-hybridized carbons (Fsp3) is 0. The van der Waals surface area contributed by atoms with Crippen molar-refractivity contribution < 1.29 is 0 Å². The Balaban J connectivity index is 1.75. The molecule has 2 aromatic carbocycles. The summed E-state index contributed by atoms with van der Waals surface area (Å²) >= 11 is 8.77. The molecule has 0 spiro atoms. The molecule has 4 rings (SSSR count). The number of aromatic nitrogens is 1. The van der Waals surface area contributed by atoms with Crippen molar-refractivity contribution in [3.63, 3.8) is 0 Å². The smallest absolute Gasteiger partial charge is 0.103 e. The number of pyridine rings is 1. The molecule has 0 amide bonds. The molecule has 0 saturated heterocycles. The Morgan fingerprint density at radius 1 is 1.12 bits per heavy atom. The first-order valence-electron chi connectivity index (χ1n) is 7.84. The molecule has 2 heterocycles. The predicted molar refractivity (Wildman–Crippen MR) is 119 cm³/mol. The molecule has 3 aromatic rings. The van der Waals surface area contributed by atoms with Crippen molar-refractivity contribution in [3.05, 3.63) is 79.7 Å². The van der Waals surface area contributed by atoms with Crippen molar-refractivity contribution in [2.24, 2.45) is 0 Å². The molecule has 1 aromatic heterocycles. The number of halogens is 2. The highest BCUT2D eigenvalue weighted by atomic mass is 127. The average Bonchev–Trinajstić information content (AvgIpc) is 3.16. The van der Waals surface area contributed by atoms with Gasteiger partial charge in [0.2, 0.25) is 0 Å². The highest BCUT2D eigenvalue weighted by Gasteiger charge is 2.12. The Hall–Kier alpha value is -2.01. The number of hydrogen-bond acceptors (Lipinski definition) is 3. The van der Waals surface area contributed by atoms with E-state index < -0.39 is 10.9 Å². The molecule has 26 heavy (non-hydrogen) atoms. The van der Waals surface area contributed by atoms with Crippen molar-refractivity contribution in [2.45, 2.75) is 4.90 Å². The van der Waals surface area contributed by atoms with Crippen LogP contribution in [0.15, 0.2) is 70.5 Å². The van der Waals surface area contributed by atoms with E-state index in [4.69, 9.17) is 11.6 Å². The van der Waals surface area contributed by atoms with Crippen molar-refractivity contribution in [2.75, 3.05) is 5.32 Å². The van der Waals surface area contributed by atoms with E-state index in [0.717, 1.165) is 35.8 Å². The second-order valence-electron chi connectivity index (χ2n) is 5.70. The Kier molecular flexibility index (Phi) is 4.90. The highest BCUT2D eigenvalue weighted by molar-refractivity contribution is 14.1. The first-order valence-corrected chi connectivity index (χ1v) is 10.8. The van der Waals surface area contributed by atoms with E-state index in [1.165, 1.54) is 0 Å². The maximum Gasteiger partial charge on any atom is 0.103 e. The Bertz CT molecular complexity index is 1110. The lowest BCUT2D eigenvalue weighted by Crippen LogP contribution is -1.97. The van der Waals surface area contributed by atoms with E-state index in [2.05, 4.69) is 68.0 Å². The summed E-state index contributed by atoms with van der Waals surface area (Å²) in [5.41, 5.74) is 2.96. The van der Waals surface area contributed by atoms with Gasteiger partial charge in [0.05, 0.1) is 21.8 Å². The summed E-state index contributed by atoms with van der Waals surface area (Å²) in [4.78, 5) is 5.52. The normalized spacial score (nSPS) is 14.0. The molecule has 1 N–H and O–H groups in total. The largest absolute Gasteiger partial charge is 0.354 e. The van der Waals surface area contributed by atoms with Crippen LogP contribution in [0.5, 0.6) is 0 Å². The Labute approximate surface area is 172 Å². The summed E-state index contributed by atoms with van der Waals surface area (Å²) in [5.74, 6) is 0. The van der Waals surface area contributed by atoms with Gasteiger partial charge < -0.3 is 5.32 Å². The molecule has 128 valence electrons. The van der Waals surface area contributed by atoms with Crippen LogP contribution in [-0.2, 0) is 0 Å². The van der Waals surface area contributed by atoms with E-state index in [-0.39, 0.29) is 0 Å². The summed E-state index contributed by atoms with van der Waals surface area (Å²) in [6, 6.07) is 14.2. The van der Waals surface area contributed by atoms with Crippen LogP contribution in [0.1, 0.15) is 5.56 Å². The van der Waals surface area contributed by atoms with Gasteiger partial charge in [0.1, 0.15) is 6.07 Å². The zero-order valence-corrected chi connectivity index (χ0v) is 17.3. The summed E-state index contributed by atoms with van der Waals surface area (Å²) in [7, 11) is -0.458. The van der Waals surface area contributed by atoms with E-state index in [1.54, 1.807) is 6.20 Å². The molecular weight excluding hydrogens is 477 g/mol. The zero-order chi connectivity index (χ0) is 18.1. The van der Waals surface area contributed by atoms with Crippen LogP contribution in [0, 0.1) is 14.9 Å². The van der Waals surface area contributed by atoms with Crippen molar-refractivity contribution in [1.29, 1.82) is 5.26 Å². The molecule has 1 aliphatic heterocycles. The quantitative estimate of drug-likeness (QED) is 0.326. The monoisotopic (exact) mass is 489 g/mol. The minimum Gasteiger partial charge on any atom is -0.354 e. The van der Waals surface area contributed by atoms with Crippen LogP contribution in [0.4, 0.5) is 11.4 Å². The summed E-state index contributed by atoms with van der Waals surface area (Å²) in [6.45, 7) is 0. The van der Waals surface area contributed by atoms with Gasteiger partial charge in [-0.3, -0.25) is 4.98 Å². The van der Waals surface area contributed by atoms with E-state index in [1.807, 2.05) is 30.3 Å². The molecule has 0 bridgehead atoms. The van der Waals surface area contributed by atoms with Gasteiger partial charge in [-0.05, 0) is 69.8 Å². The van der Waals surface area contributed by atoms with Gasteiger partial charge in [0, 0.05) is 25.7 Å². The van der Waals surface area contributed by atoms with Gasteiger partial charge in [-0.1, -0.05) is 23.8 Å². The number of nitrogens with one attached hydrogen (secondary N) is 1. The first kappa shape index (κ1) is 17.4. The molecule has 1 aliphatic rings. The molecule has 0 saturated carbocycles. The van der Waals surface area contributed by atoms with Gasteiger partial charge in [-0.15, -0.1) is 0 Å². The zero-order valence-electron chi connectivity index (χ0n) is 13.4. The number of nitrogens with zero attached hydrogens (tertiary/aromatic N) is 2. The topological polar surface area (TPSA) is 48.7 Å². The van der Waals surface area contributed by atoms with Crippen molar-refractivity contribution >= 4 is 67.4 Å². The molecule has 6 heteroatoms. The number of rotatable bonds is 3. The summed E-state index contributed by atoms with van der Waals surface area (Å²) in [5, 5.41) is 18.8. The van der Waals surface area contributed by atoms with E-state index >= 15 is 0 Å².